The summed E-state index contributed by atoms with van der Waals surface area (Å²) in [6.07, 6.45) is 2.28. The molecular formula is C19H30N4O3. The maximum atomic E-state index is 12.8. The van der Waals surface area contributed by atoms with Crippen molar-refractivity contribution >= 4 is 11.8 Å². The summed E-state index contributed by atoms with van der Waals surface area (Å²) in [6.45, 7) is 9.03. The van der Waals surface area contributed by atoms with Gasteiger partial charge in [-0.2, -0.15) is 5.10 Å². The van der Waals surface area contributed by atoms with Crippen LogP contribution in [0, 0.1) is 26.7 Å². The fourth-order valence-corrected chi connectivity index (χ4v) is 4.09. The normalized spacial score (nSPS) is 22.8. The van der Waals surface area contributed by atoms with E-state index >= 15 is 0 Å². The number of carbonyl (C=O) groups excluding carboxylic acids is 2. The lowest BCUT2D eigenvalue weighted by Crippen LogP contribution is -2.49. The van der Waals surface area contributed by atoms with Gasteiger partial charge in [0.2, 0.25) is 11.8 Å². The van der Waals surface area contributed by atoms with Crippen molar-refractivity contribution in [2.24, 2.45) is 5.92 Å². The van der Waals surface area contributed by atoms with Gasteiger partial charge in [-0.25, -0.2) is 0 Å². The number of piperidine rings is 1. The molecule has 0 radical (unpaired) electrons. The van der Waals surface area contributed by atoms with E-state index in [1.165, 1.54) is 5.56 Å². The molecular weight excluding hydrogens is 332 g/mol. The van der Waals surface area contributed by atoms with Crippen LogP contribution in [0.2, 0.25) is 0 Å². The average molecular weight is 362 g/mol. The Morgan fingerprint density at radius 3 is 2.62 bits per heavy atom. The van der Waals surface area contributed by atoms with E-state index in [9.17, 15) is 9.59 Å². The monoisotopic (exact) mass is 362 g/mol. The van der Waals surface area contributed by atoms with Gasteiger partial charge in [0.1, 0.15) is 0 Å². The van der Waals surface area contributed by atoms with E-state index in [-0.39, 0.29) is 23.8 Å². The second-order valence-electron chi connectivity index (χ2n) is 7.52. The maximum absolute atomic E-state index is 12.8. The molecule has 0 aliphatic carbocycles. The lowest BCUT2D eigenvalue weighted by atomic mass is 9.94. The molecule has 3 aliphatic rings. The molecule has 7 heteroatoms. The van der Waals surface area contributed by atoms with E-state index in [0.717, 1.165) is 24.2 Å². The van der Waals surface area contributed by atoms with Gasteiger partial charge in [0.15, 0.2) is 0 Å². The highest BCUT2D eigenvalue weighted by Crippen LogP contribution is 2.29. The molecule has 0 spiro atoms. The Morgan fingerprint density at radius 1 is 1.19 bits per heavy atom. The largest absolute Gasteiger partial charge is 0.383 e. The number of amides is 2. The molecule has 2 amide bonds. The van der Waals surface area contributed by atoms with Crippen LogP contribution in [0.25, 0.3) is 0 Å². The Balaban J connectivity index is 1.63. The average Bonchev–Trinajstić information content (AvgIpc) is 2.81. The number of aryl methyl sites for hydroxylation is 2. The summed E-state index contributed by atoms with van der Waals surface area (Å²) in [6, 6.07) is 0.122. The van der Waals surface area contributed by atoms with E-state index in [4.69, 9.17) is 4.74 Å². The summed E-state index contributed by atoms with van der Waals surface area (Å²) in [5.74, 6) is 0.238. The molecule has 144 valence electrons. The topological polar surface area (TPSA) is 67.7 Å². The van der Waals surface area contributed by atoms with Crippen molar-refractivity contribution in [3.05, 3.63) is 17.0 Å². The first kappa shape index (κ1) is 18.9. The fourth-order valence-electron chi connectivity index (χ4n) is 4.09. The highest BCUT2D eigenvalue weighted by Gasteiger charge is 2.41. The predicted octanol–water partition coefficient (Wildman–Crippen LogP) is 1.29. The molecule has 1 aromatic heterocycles. The number of rotatable bonds is 6. The first-order valence-electron chi connectivity index (χ1n) is 9.50. The van der Waals surface area contributed by atoms with Gasteiger partial charge < -0.3 is 14.5 Å². The van der Waals surface area contributed by atoms with Gasteiger partial charge >= 0.3 is 0 Å². The van der Waals surface area contributed by atoms with Crippen molar-refractivity contribution < 1.29 is 14.3 Å². The number of methoxy groups -OCH3 is 1. The van der Waals surface area contributed by atoms with E-state index in [1.807, 2.05) is 28.3 Å². The smallest absolute Gasteiger partial charge is 0.227 e. The molecule has 0 saturated carbocycles. The predicted molar refractivity (Wildman–Crippen MR) is 97.7 cm³/mol. The van der Waals surface area contributed by atoms with Gasteiger partial charge in [0, 0.05) is 51.4 Å². The molecule has 4 heterocycles. The first-order valence-corrected chi connectivity index (χ1v) is 9.50. The first-order chi connectivity index (χ1) is 12.4. The molecule has 3 fully saturated rings. The minimum atomic E-state index is -0.0644. The molecule has 3 saturated heterocycles. The summed E-state index contributed by atoms with van der Waals surface area (Å²) in [7, 11) is 1.65. The Kier molecular flexibility index (Phi) is 5.65. The SMILES string of the molecule is COCCN1C(=O)[C@H]2CC[C@@H]1CN(C(=O)CCn1nc(C)c(C)c1C)C2. The zero-order valence-electron chi connectivity index (χ0n) is 16.3. The second kappa shape index (κ2) is 7.78. The number of ether oxygens (including phenoxy) is 1. The van der Waals surface area contributed by atoms with Crippen LogP contribution in [0.3, 0.4) is 0 Å². The minimum absolute atomic E-state index is 0.0644. The number of aromatic nitrogens is 2. The standard InChI is InChI=1S/C19H30N4O3/c1-13-14(2)20-23(15(13)3)8-7-18(24)21-11-16-5-6-17(12-21)22(19(16)25)9-10-26-4/h16-17H,5-12H2,1-4H3/t16-,17+/m0/s1. The highest BCUT2D eigenvalue weighted by atomic mass is 16.5. The van der Waals surface area contributed by atoms with E-state index < -0.39 is 0 Å². The number of nitrogens with zero attached hydrogens (tertiary/aromatic N) is 4. The zero-order chi connectivity index (χ0) is 18.8. The van der Waals surface area contributed by atoms with Crippen molar-refractivity contribution in [1.82, 2.24) is 19.6 Å². The summed E-state index contributed by atoms with van der Waals surface area (Å²) >= 11 is 0. The number of hydrogen-bond donors (Lipinski definition) is 0. The Labute approximate surface area is 155 Å². The highest BCUT2D eigenvalue weighted by molar-refractivity contribution is 5.83. The Morgan fingerprint density at radius 2 is 1.96 bits per heavy atom. The van der Waals surface area contributed by atoms with Crippen LogP contribution >= 0.6 is 0 Å². The number of fused-ring (bicyclic) bond motifs is 4. The molecule has 0 unspecified atom stereocenters. The molecule has 0 aromatic carbocycles. The minimum Gasteiger partial charge on any atom is -0.383 e. The van der Waals surface area contributed by atoms with E-state index in [0.29, 0.717) is 39.2 Å². The summed E-state index contributed by atoms with van der Waals surface area (Å²) < 4.78 is 7.06. The van der Waals surface area contributed by atoms with Gasteiger partial charge in [-0.05, 0) is 39.2 Å². The molecule has 0 N–H and O–H groups in total. The van der Waals surface area contributed by atoms with Crippen LogP contribution in [0.1, 0.15) is 36.2 Å². The molecule has 2 bridgehead atoms. The third-order valence-corrected chi connectivity index (χ3v) is 5.96. The maximum Gasteiger partial charge on any atom is 0.227 e. The summed E-state index contributed by atoms with van der Waals surface area (Å²) in [5, 5.41) is 4.52. The third-order valence-electron chi connectivity index (χ3n) is 5.96. The van der Waals surface area contributed by atoms with E-state index in [2.05, 4.69) is 12.0 Å². The van der Waals surface area contributed by atoms with Gasteiger partial charge in [0.05, 0.1) is 18.2 Å². The fraction of sp³-hybridized carbons (Fsp3) is 0.737. The molecule has 3 aliphatic heterocycles. The van der Waals surface area contributed by atoms with Gasteiger partial charge in [0.25, 0.3) is 0 Å². The van der Waals surface area contributed by atoms with Crippen molar-refractivity contribution in [3.8, 4) is 0 Å². The van der Waals surface area contributed by atoms with Gasteiger partial charge in [-0.3, -0.25) is 14.3 Å². The Hall–Kier alpha value is -1.89. The van der Waals surface area contributed by atoms with Crippen LogP contribution in [-0.4, -0.2) is 70.8 Å². The molecule has 4 rings (SSSR count). The van der Waals surface area contributed by atoms with Crippen molar-refractivity contribution in [3.63, 3.8) is 0 Å². The zero-order valence-corrected chi connectivity index (χ0v) is 16.3. The van der Waals surface area contributed by atoms with Crippen LogP contribution in [0.5, 0.6) is 0 Å². The van der Waals surface area contributed by atoms with Crippen LogP contribution in [0.4, 0.5) is 0 Å². The van der Waals surface area contributed by atoms with Crippen LogP contribution < -0.4 is 0 Å². The van der Waals surface area contributed by atoms with Crippen molar-refractivity contribution in [1.29, 1.82) is 0 Å². The van der Waals surface area contributed by atoms with Crippen molar-refractivity contribution in [2.75, 3.05) is 33.4 Å². The number of hydrogen-bond acceptors (Lipinski definition) is 4. The third kappa shape index (κ3) is 3.63. The second-order valence-corrected chi connectivity index (χ2v) is 7.52. The Bertz CT molecular complexity index is 685. The quantitative estimate of drug-likeness (QED) is 0.765. The van der Waals surface area contributed by atoms with E-state index in [1.54, 1.807) is 7.11 Å². The molecule has 1 aromatic rings. The summed E-state index contributed by atoms with van der Waals surface area (Å²) in [4.78, 5) is 29.3. The molecule has 26 heavy (non-hydrogen) atoms. The van der Waals surface area contributed by atoms with Gasteiger partial charge in [-0.1, -0.05) is 0 Å². The van der Waals surface area contributed by atoms with Crippen molar-refractivity contribution in [2.45, 2.75) is 52.6 Å². The molecule has 7 nitrogen and oxygen atoms in total. The van der Waals surface area contributed by atoms with Gasteiger partial charge in [-0.15, -0.1) is 0 Å². The van der Waals surface area contributed by atoms with Crippen LogP contribution in [0.15, 0.2) is 0 Å². The lowest BCUT2D eigenvalue weighted by Gasteiger charge is -2.35. The lowest BCUT2D eigenvalue weighted by molar-refractivity contribution is -0.140. The number of carbonyl (C=O) groups is 2. The summed E-state index contributed by atoms with van der Waals surface area (Å²) in [5.41, 5.74) is 3.32. The van der Waals surface area contributed by atoms with Crippen LogP contribution in [-0.2, 0) is 20.9 Å². The molecule has 2 atom stereocenters.